The van der Waals surface area contributed by atoms with Crippen molar-refractivity contribution in [2.45, 2.75) is 39.3 Å². The summed E-state index contributed by atoms with van der Waals surface area (Å²) >= 11 is 0. The first-order valence-corrected chi connectivity index (χ1v) is 6.55. The van der Waals surface area contributed by atoms with Crippen LogP contribution in [0.3, 0.4) is 0 Å². The minimum atomic E-state index is 0.362. The monoisotopic (exact) mass is 244 g/mol. The molecule has 1 unspecified atom stereocenters. The lowest BCUT2D eigenvalue weighted by atomic mass is 10.0. The van der Waals surface area contributed by atoms with Crippen LogP contribution in [0.25, 0.3) is 0 Å². The second-order valence-corrected chi connectivity index (χ2v) is 4.42. The maximum absolute atomic E-state index is 5.09. The van der Waals surface area contributed by atoms with Gasteiger partial charge in [0.05, 0.1) is 12.7 Å². The van der Waals surface area contributed by atoms with Crippen molar-refractivity contribution >= 4 is 0 Å². The molecule has 0 saturated carbocycles. The van der Waals surface area contributed by atoms with Crippen molar-refractivity contribution in [2.24, 2.45) is 0 Å². The van der Waals surface area contributed by atoms with Crippen LogP contribution in [-0.4, -0.2) is 5.16 Å². The van der Waals surface area contributed by atoms with Gasteiger partial charge in [-0.15, -0.1) is 0 Å². The average Bonchev–Trinajstić information content (AvgIpc) is 2.93. The van der Waals surface area contributed by atoms with Gasteiger partial charge in [-0.2, -0.15) is 0 Å². The molecule has 0 aliphatic rings. The molecule has 0 radical (unpaired) electrons. The van der Waals surface area contributed by atoms with Gasteiger partial charge >= 0.3 is 0 Å². The molecule has 1 heterocycles. The molecule has 1 atom stereocenters. The SMILES string of the molecule is CCc1ccc(C(CC)NCc2ccno2)cc1. The van der Waals surface area contributed by atoms with E-state index in [-0.39, 0.29) is 0 Å². The zero-order chi connectivity index (χ0) is 12.8. The molecule has 1 aromatic carbocycles. The molecule has 3 nitrogen and oxygen atoms in total. The van der Waals surface area contributed by atoms with Crippen molar-refractivity contribution in [3.05, 3.63) is 53.4 Å². The second kappa shape index (κ2) is 6.36. The summed E-state index contributed by atoms with van der Waals surface area (Å²) in [5.41, 5.74) is 2.71. The predicted octanol–water partition coefficient (Wildman–Crippen LogP) is 3.48. The Kier molecular flexibility index (Phi) is 4.53. The molecule has 96 valence electrons. The van der Waals surface area contributed by atoms with E-state index >= 15 is 0 Å². The van der Waals surface area contributed by atoms with Gasteiger partial charge < -0.3 is 9.84 Å². The van der Waals surface area contributed by atoms with Crippen LogP contribution in [0.1, 0.15) is 43.2 Å². The summed E-state index contributed by atoms with van der Waals surface area (Å²) in [6.45, 7) is 5.08. The number of rotatable bonds is 6. The lowest BCUT2D eigenvalue weighted by Crippen LogP contribution is -2.20. The highest BCUT2D eigenvalue weighted by Crippen LogP contribution is 2.18. The van der Waals surface area contributed by atoms with Gasteiger partial charge in [0.2, 0.25) is 0 Å². The summed E-state index contributed by atoms with van der Waals surface area (Å²) in [6, 6.07) is 11.1. The molecule has 18 heavy (non-hydrogen) atoms. The standard InChI is InChI=1S/C15H20N2O/c1-3-12-5-7-13(8-6-12)15(4-2)16-11-14-9-10-17-18-14/h5-10,15-16H,3-4,11H2,1-2H3. The fourth-order valence-electron chi connectivity index (χ4n) is 2.04. The van der Waals surface area contributed by atoms with Crippen LogP contribution in [0.2, 0.25) is 0 Å². The van der Waals surface area contributed by atoms with Gasteiger partial charge in [-0.05, 0) is 24.0 Å². The normalized spacial score (nSPS) is 12.6. The molecule has 0 aliphatic heterocycles. The highest BCUT2D eigenvalue weighted by atomic mass is 16.5. The minimum Gasteiger partial charge on any atom is -0.360 e. The van der Waals surface area contributed by atoms with Crippen molar-refractivity contribution < 1.29 is 4.52 Å². The Morgan fingerprint density at radius 3 is 2.50 bits per heavy atom. The Bertz CT molecular complexity index is 448. The average molecular weight is 244 g/mol. The highest BCUT2D eigenvalue weighted by Gasteiger charge is 2.09. The van der Waals surface area contributed by atoms with Gasteiger partial charge in [-0.25, -0.2) is 0 Å². The molecule has 1 aromatic heterocycles. The first kappa shape index (κ1) is 12.8. The Balaban J connectivity index is 1.98. The van der Waals surface area contributed by atoms with Gasteiger partial charge in [0.1, 0.15) is 5.76 Å². The maximum Gasteiger partial charge on any atom is 0.150 e. The second-order valence-electron chi connectivity index (χ2n) is 4.42. The van der Waals surface area contributed by atoms with Crippen molar-refractivity contribution in [1.82, 2.24) is 10.5 Å². The molecule has 3 heteroatoms. The van der Waals surface area contributed by atoms with Crippen LogP contribution < -0.4 is 5.32 Å². The predicted molar refractivity (Wildman–Crippen MR) is 72.2 cm³/mol. The van der Waals surface area contributed by atoms with E-state index in [0.717, 1.165) is 18.6 Å². The topological polar surface area (TPSA) is 38.1 Å². The highest BCUT2D eigenvalue weighted by molar-refractivity contribution is 5.25. The van der Waals surface area contributed by atoms with E-state index in [4.69, 9.17) is 4.52 Å². The number of hydrogen-bond acceptors (Lipinski definition) is 3. The van der Waals surface area contributed by atoms with Crippen molar-refractivity contribution in [2.75, 3.05) is 0 Å². The van der Waals surface area contributed by atoms with Crippen molar-refractivity contribution in [3.63, 3.8) is 0 Å². The van der Waals surface area contributed by atoms with E-state index < -0.39 is 0 Å². The van der Waals surface area contributed by atoms with Crippen molar-refractivity contribution in [1.29, 1.82) is 0 Å². The van der Waals surface area contributed by atoms with E-state index in [1.807, 2.05) is 6.07 Å². The Labute approximate surface area is 108 Å². The molecule has 1 N–H and O–H groups in total. The first-order valence-electron chi connectivity index (χ1n) is 6.55. The number of aryl methyl sites for hydroxylation is 1. The van der Waals surface area contributed by atoms with Crippen LogP contribution in [0, 0.1) is 0 Å². The van der Waals surface area contributed by atoms with E-state index in [0.29, 0.717) is 12.6 Å². The van der Waals surface area contributed by atoms with Crippen LogP contribution in [0.5, 0.6) is 0 Å². The fourth-order valence-corrected chi connectivity index (χ4v) is 2.04. The van der Waals surface area contributed by atoms with Gasteiger partial charge in [-0.3, -0.25) is 0 Å². The number of nitrogens with one attached hydrogen (secondary N) is 1. The molecule has 0 bridgehead atoms. The molecule has 0 saturated heterocycles. The van der Waals surface area contributed by atoms with Gasteiger partial charge in [-0.1, -0.05) is 43.3 Å². The van der Waals surface area contributed by atoms with Gasteiger partial charge in [0, 0.05) is 12.1 Å². The summed E-state index contributed by atoms with van der Waals surface area (Å²) in [4.78, 5) is 0. The quantitative estimate of drug-likeness (QED) is 0.845. The van der Waals surface area contributed by atoms with Crippen LogP contribution in [-0.2, 0) is 13.0 Å². The fraction of sp³-hybridized carbons (Fsp3) is 0.400. The van der Waals surface area contributed by atoms with E-state index in [9.17, 15) is 0 Å². The summed E-state index contributed by atoms with van der Waals surface area (Å²) in [5, 5.41) is 7.20. The maximum atomic E-state index is 5.09. The summed E-state index contributed by atoms with van der Waals surface area (Å²) in [7, 11) is 0. The Morgan fingerprint density at radius 1 is 1.17 bits per heavy atom. The third kappa shape index (κ3) is 3.20. The van der Waals surface area contributed by atoms with E-state index in [2.05, 4.69) is 48.6 Å². The Morgan fingerprint density at radius 2 is 1.94 bits per heavy atom. The Hall–Kier alpha value is -1.61. The summed E-state index contributed by atoms with van der Waals surface area (Å²) < 4.78 is 5.09. The smallest absolute Gasteiger partial charge is 0.150 e. The molecule has 0 amide bonds. The zero-order valence-electron chi connectivity index (χ0n) is 11.0. The van der Waals surface area contributed by atoms with Gasteiger partial charge in [0.25, 0.3) is 0 Å². The number of benzene rings is 1. The number of aromatic nitrogens is 1. The lowest BCUT2D eigenvalue weighted by Gasteiger charge is -2.16. The number of nitrogens with zero attached hydrogens (tertiary/aromatic N) is 1. The third-order valence-corrected chi connectivity index (χ3v) is 3.21. The van der Waals surface area contributed by atoms with Crippen LogP contribution in [0.4, 0.5) is 0 Å². The largest absolute Gasteiger partial charge is 0.360 e. The van der Waals surface area contributed by atoms with E-state index in [1.165, 1.54) is 11.1 Å². The van der Waals surface area contributed by atoms with E-state index in [1.54, 1.807) is 6.20 Å². The lowest BCUT2D eigenvalue weighted by molar-refractivity contribution is 0.361. The molecule has 2 aromatic rings. The van der Waals surface area contributed by atoms with Gasteiger partial charge in [0.15, 0.2) is 0 Å². The molecular weight excluding hydrogens is 224 g/mol. The summed E-state index contributed by atoms with van der Waals surface area (Å²) in [5.74, 6) is 0.874. The zero-order valence-corrected chi connectivity index (χ0v) is 11.0. The van der Waals surface area contributed by atoms with Crippen LogP contribution in [0.15, 0.2) is 41.1 Å². The molecule has 2 rings (SSSR count). The number of hydrogen-bond donors (Lipinski definition) is 1. The molecule has 0 fully saturated rings. The van der Waals surface area contributed by atoms with Crippen molar-refractivity contribution in [3.8, 4) is 0 Å². The third-order valence-electron chi connectivity index (χ3n) is 3.21. The molecular formula is C15H20N2O. The van der Waals surface area contributed by atoms with Crippen LogP contribution >= 0.6 is 0 Å². The summed E-state index contributed by atoms with van der Waals surface area (Å²) in [6.07, 6.45) is 3.82. The minimum absolute atomic E-state index is 0.362. The molecule has 0 aliphatic carbocycles. The first-order chi connectivity index (χ1) is 8.83. The molecule has 0 spiro atoms.